The fourth-order valence-electron chi connectivity index (χ4n) is 1.47. The van der Waals surface area contributed by atoms with Gasteiger partial charge in [0, 0.05) is 6.07 Å². The Morgan fingerprint density at radius 3 is 2.79 bits per heavy atom. The van der Waals surface area contributed by atoms with Crippen LogP contribution in [-0.2, 0) is 16.6 Å². The highest BCUT2D eigenvalue weighted by Crippen LogP contribution is 2.26. The van der Waals surface area contributed by atoms with Crippen LogP contribution in [0.2, 0.25) is 0 Å². The molecule has 2 aromatic rings. The Bertz CT molecular complexity index is 650. The molecular weight excluding hydrogens is 268 g/mol. The Kier molecular flexibility index (Phi) is 3.77. The highest BCUT2D eigenvalue weighted by Gasteiger charge is 2.14. The molecule has 0 bridgehead atoms. The number of sulfonamides is 1. The van der Waals surface area contributed by atoms with E-state index < -0.39 is 10.0 Å². The van der Waals surface area contributed by atoms with Gasteiger partial charge in [-0.3, -0.25) is 0 Å². The maximum absolute atomic E-state index is 11.7. The first-order valence-electron chi connectivity index (χ1n) is 5.51. The van der Waals surface area contributed by atoms with Crippen LogP contribution in [0.5, 0.6) is 5.75 Å². The molecule has 0 atom stereocenters. The van der Waals surface area contributed by atoms with Crippen molar-refractivity contribution in [1.82, 2.24) is 4.72 Å². The summed E-state index contributed by atoms with van der Waals surface area (Å²) < 4.78 is 36.1. The average Bonchev–Trinajstić information content (AvgIpc) is 2.90. The molecule has 0 spiro atoms. The minimum absolute atomic E-state index is 0.0960. The van der Waals surface area contributed by atoms with Crippen molar-refractivity contribution in [3.63, 3.8) is 0 Å². The third-order valence-electron chi connectivity index (χ3n) is 2.51. The van der Waals surface area contributed by atoms with Crippen molar-refractivity contribution >= 4 is 15.7 Å². The lowest BCUT2D eigenvalue weighted by atomic mass is 10.3. The number of benzene rings is 1. The van der Waals surface area contributed by atoms with E-state index in [2.05, 4.69) is 4.72 Å². The molecule has 1 aromatic carbocycles. The average molecular weight is 282 g/mol. The molecule has 0 aliphatic heterocycles. The van der Waals surface area contributed by atoms with Crippen molar-refractivity contribution < 1.29 is 17.6 Å². The smallest absolute Gasteiger partial charge is 0.240 e. The second-order valence-corrected chi connectivity index (χ2v) is 5.66. The van der Waals surface area contributed by atoms with Crippen LogP contribution in [0.15, 0.2) is 45.9 Å². The van der Waals surface area contributed by atoms with Gasteiger partial charge < -0.3 is 14.9 Å². The van der Waals surface area contributed by atoms with E-state index in [0.717, 1.165) is 0 Å². The molecule has 3 N–H and O–H groups in total. The molecule has 0 radical (unpaired) electrons. The standard InChI is InChI=1S/C12H14N2O4S/c1-14-19(15,16)10-4-5-11(13)12(7-10)18-8-9-3-2-6-17-9/h2-7,14H,8,13H2,1H3. The van der Waals surface area contributed by atoms with E-state index >= 15 is 0 Å². The van der Waals surface area contributed by atoms with Crippen LogP contribution >= 0.6 is 0 Å². The Labute approximate surface area is 111 Å². The summed E-state index contributed by atoms with van der Waals surface area (Å²) in [7, 11) is -2.18. The molecule has 0 aliphatic carbocycles. The molecule has 0 amide bonds. The van der Waals surface area contributed by atoms with E-state index in [4.69, 9.17) is 14.9 Å². The second kappa shape index (κ2) is 5.33. The first kappa shape index (κ1) is 13.4. The van der Waals surface area contributed by atoms with Gasteiger partial charge in [0.15, 0.2) is 0 Å². The zero-order valence-electron chi connectivity index (χ0n) is 10.3. The molecule has 0 aliphatic rings. The maximum Gasteiger partial charge on any atom is 0.240 e. The van der Waals surface area contributed by atoms with E-state index in [1.54, 1.807) is 12.1 Å². The predicted octanol–water partition coefficient (Wildman–Crippen LogP) is 1.35. The van der Waals surface area contributed by atoms with Gasteiger partial charge >= 0.3 is 0 Å². The minimum atomic E-state index is -3.52. The summed E-state index contributed by atoms with van der Waals surface area (Å²) >= 11 is 0. The third kappa shape index (κ3) is 3.07. The molecular formula is C12H14N2O4S. The van der Waals surface area contributed by atoms with Crippen molar-refractivity contribution in [3.8, 4) is 5.75 Å². The summed E-state index contributed by atoms with van der Waals surface area (Å²) in [6.07, 6.45) is 1.53. The zero-order valence-corrected chi connectivity index (χ0v) is 11.1. The van der Waals surface area contributed by atoms with E-state index in [9.17, 15) is 8.42 Å². The van der Waals surface area contributed by atoms with Crippen molar-refractivity contribution in [2.45, 2.75) is 11.5 Å². The summed E-state index contributed by atoms with van der Waals surface area (Å²) in [4.78, 5) is 0.0960. The number of hydrogen-bond donors (Lipinski definition) is 2. The van der Waals surface area contributed by atoms with Crippen molar-refractivity contribution in [1.29, 1.82) is 0 Å². The monoisotopic (exact) mass is 282 g/mol. The van der Waals surface area contributed by atoms with E-state index in [1.165, 1.54) is 31.5 Å². The number of hydrogen-bond acceptors (Lipinski definition) is 5. The van der Waals surface area contributed by atoms with Gasteiger partial charge in [0.2, 0.25) is 10.0 Å². The van der Waals surface area contributed by atoms with Gasteiger partial charge in [0.05, 0.1) is 16.8 Å². The molecule has 19 heavy (non-hydrogen) atoms. The van der Waals surface area contributed by atoms with E-state index in [0.29, 0.717) is 17.2 Å². The highest BCUT2D eigenvalue weighted by atomic mass is 32.2. The molecule has 6 nitrogen and oxygen atoms in total. The molecule has 102 valence electrons. The number of furan rings is 1. The zero-order chi connectivity index (χ0) is 13.9. The van der Waals surface area contributed by atoms with E-state index in [-0.39, 0.29) is 11.5 Å². The summed E-state index contributed by atoms with van der Waals surface area (Å²) in [6.45, 7) is 0.181. The summed E-state index contributed by atoms with van der Waals surface area (Å²) in [6, 6.07) is 7.78. The van der Waals surface area contributed by atoms with Gasteiger partial charge in [-0.2, -0.15) is 0 Å². The number of nitrogens with two attached hydrogens (primary N) is 1. The first-order chi connectivity index (χ1) is 9.03. The highest BCUT2D eigenvalue weighted by molar-refractivity contribution is 7.89. The molecule has 1 heterocycles. The number of ether oxygens (including phenoxy) is 1. The third-order valence-corrected chi connectivity index (χ3v) is 3.93. The number of rotatable bonds is 5. The lowest BCUT2D eigenvalue weighted by Gasteiger charge is -2.10. The van der Waals surface area contributed by atoms with Gasteiger partial charge in [0.25, 0.3) is 0 Å². The number of anilines is 1. The van der Waals surface area contributed by atoms with Gasteiger partial charge in [-0.25, -0.2) is 13.1 Å². The molecule has 2 rings (SSSR count). The molecule has 7 heteroatoms. The van der Waals surface area contributed by atoms with Crippen LogP contribution < -0.4 is 15.2 Å². The summed E-state index contributed by atoms with van der Waals surface area (Å²) in [5.41, 5.74) is 6.11. The molecule has 0 fully saturated rings. The van der Waals surface area contributed by atoms with E-state index in [1.807, 2.05) is 0 Å². The fourth-order valence-corrected chi connectivity index (χ4v) is 2.21. The van der Waals surface area contributed by atoms with Crippen LogP contribution in [0.3, 0.4) is 0 Å². The van der Waals surface area contributed by atoms with Crippen LogP contribution in [0.1, 0.15) is 5.76 Å². The molecule has 0 saturated carbocycles. The minimum Gasteiger partial charge on any atom is -0.483 e. The quantitative estimate of drug-likeness (QED) is 0.807. The van der Waals surface area contributed by atoms with Crippen molar-refractivity contribution in [2.75, 3.05) is 12.8 Å². The predicted molar refractivity (Wildman–Crippen MR) is 70.1 cm³/mol. The molecule has 1 aromatic heterocycles. The maximum atomic E-state index is 11.7. The van der Waals surface area contributed by atoms with Gasteiger partial charge in [-0.15, -0.1) is 0 Å². The Morgan fingerprint density at radius 2 is 2.16 bits per heavy atom. The first-order valence-corrected chi connectivity index (χ1v) is 6.99. The Morgan fingerprint density at radius 1 is 1.37 bits per heavy atom. The lowest BCUT2D eigenvalue weighted by molar-refractivity contribution is 0.271. The second-order valence-electron chi connectivity index (χ2n) is 3.78. The van der Waals surface area contributed by atoms with Gasteiger partial charge in [-0.05, 0) is 31.3 Å². The van der Waals surface area contributed by atoms with Crippen LogP contribution in [0.4, 0.5) is 5.69 Å². The van der Waals surface area contributed by atoms with Crippen LogP contribution in [0.25, 0.3) is 0 Å². The summed E-state index contributed by atoms with van der Waals surface area (Å²) in [5.74, 6) is 0.925. The Balaban J connectivity index is 2.22. The fraction of sp³-hybridized carbons (Fsp3) is 0.167. The summed E-state index contributed by atoms with van der Waals surface area (Å²) in [5, 5.41) is 0. The topological polar surface area (TPSA) is 94.6 Å². The normalized spacial score (nSPS) is 11.4. The molecule has 0 saturated heterocycles. The SMILES string of the molecule is CNS(=O)(=O)c1ccc(N)c(OCc2ccco2)c1. The van der Waals surface area contributed by atoms with Gasteiger partial charge in [0.1, 0.15) is 18.1 Å². The Hall–Kier alpha value is -1.99. The van der Waals surface area contributed by atoms with Crippen LogP contribution in [0, 0.1) is 0 Å². The van der Waals surface area contributed by atoms with Gasteiger partial charge in [-0.1, -0.05) is 0 Å². The number of nitrogens with one attached hydrogen (secondary N) is 1. The largest absolute Gasteiger partial charge is 0.483 e. The number of nitrogen functional groups attached to an aromatic ring is 1. The molecule has 0 unspecified atom stereocenters. The van der Waals surface area contributed by atoms with Crippen molar-refractivity contribution in [2.24, 2.45) is 0 Å². The van der Waals surface area contributed by atoms with Crippen LogP contribution in [-0.4, -0.2) is 15.5 Å². The van der Waals surface area contributed by atoms with Crippen molar-refractivity contribution in [3.05, 3.63) is 42.4 Å². The lowest BCUT2D eigenvalue weighted by Crippen LogP contribution is -2.18.